The molecule has 0 unspecified atom stereocenters. The van der Waals surface area contributed by atoms with E-state index in [0.717, 1.165) is 12.2 Å². The SMILES string of the molecule is CC(C)(C)c1cccc(C(C)(C)C)c1[O][Ti+2][C]1=CC=CC1.[I-].[I-]. The third kappa shape index (κ3) is 6.48. The van der Waals surface area contributed by atoms with Crippen LogP contribution in [0, 0.1) is 0 Å². The van der Waals surface area contributed by atoms with Crippen LogP contribution in [0.1, 0.15) is 59.1 Å². The Balaban J connectivity index is 0.00000242. The number of benzene rings is 1. The molecule has 2 rings (SSSR count). The van der Waals surface area contributed by atoms with E-state index in [1.807, 2.05) is 0 Å². The molecule has 0 spiro atoms. The zero-order valence-electron chi connectivity index (χ0n) is 14.8. The first-order valence-electron chi connectivity index (χ1n) is 7.62. The third-order valence-corrected chi connectivity index (χ3v) is 5.15. The molecule has 0 aromatic heterocycles. The fourth-order valence-electron chi connectivity index (χ4n) is 2.47. The first kappa shape index (κ1) is 23.7. The molecule has 4 heteroatoms. The third-order valence-electron chi connectivity index (χ3n) is 3.69. The molecular formula is C19H26I2OTi. The van der Waals surface area contributed by atoms with Gasteiger partial charge in [0.15, 0.2) is 0 Å². The van der Waals surface area contributed by atoms with Crippen molar-refractivity contribution < 1.29 is 70.8 Å². The van der Waals surface area contributed by atoms with Crippen molar-refractivity contribution in [3.8, 4) is 5.75 Å². The predicted molar refractivity (Wildman–Crippen MR) is 86.3 cm³/mol. The van der Waals surface area contributed by atoms with Gasteiger partial charge in [0.1, 0.15) is 0 Å². The average Bonchev–Trinajstić information content (AvgIpc) is 2.86. The molecule has 1 aliphatic rings. The van der Waals surface area contributed by atoms with Gasteiger partial charge < -0.3 is 48.0 Å². The fourth-order valence-corrected chi connectivity index (χ4v) is 3.75. The fraction of sp³-hybridized carbons (Fsp3) is 0.474. The van der Waals surface area contributed by atoms with E-state index in [1.54, 1.807) is 0 Å². The van der Waals surface area contributed by atoms with Gasteiger partial charge in [0, 0.05) is 0 Å². The van der Waals surface area contributed by atoms with Crippen LogP contribution in [0.3, 0.4) is 0 Å². The van der Waals surface area contributed by atoms with Crippen molar-refractivity contribution in [2.45, 2.75) is 58.8 Å². The number of allylic oxidation sites excluding steroid dienone is 4. The first-order valence-corrected chi connectivity index (χ1v) is 9.04. The van der Waals surface area contributed by atoms with Gasteiger partial charge in [-0.15, -0.1) is 0 Å². The van der Waals surface area contributed by atoms with Crippen LogP contribution in [0.15, 0.2) is 40.3 Å². The zero-order valence-corrected chi connectivity index (χ0v) is 20.7. The smallest absolute Gasteiger partial charge is 1.00 e. The van der Waals surface area contributed by atoms with E-state index in [0.29, 0.717) is 0 Å². The van der Waals surface area contributed by atoms with Crippen molar-refractivity contribution in [3.63, 3.8) is 0 Å². The van der Waals surface area contributed by atoms with Crippen molar-refractivity contribution >= 4 is 0 Å². The van der Waals surface area contributed by atoms with E-state index in [9.17, 15) is 0 Å². The minimum Gasteiger partial charge on any atom is -1.00 e. The zero-order chi connectivity index (χ0) is 15.7. The summed E-state index contributed by atoms with van der Waals surface area (Å²) in [6.45, 7) is 13.6. The maximum absolute atomic E-state index is 6.42. The van der Waals surface area contributed by atoms with Crippen LogP contribution in [0.5, 0.6) is 5.75 Å². The Labute approximate surface area is 185 Å². The maximum Gasteiger partial charge on any atom is -1.00 e. The molecule has 23 heavy (non-hydrogen) atoms. The quantitative estimate of drug-likeness (QED) is 0.352. The van der Waals surface area contributed by atoms with Gasteiger partial charge in [-0.25, -0.2) is 0 Å². The molecule has 0 heterocycles. The van der Waals surface area contributed by atoms with Crippen molar-refractivity contribution in [3.05, 3.63) is 51.4 Å². The molecule has 1 aliphatic carbocycles. The molecule has 0 bridgehead atoms. The summed E-state index contributed by atoms with van der Waals surface area (Å²) in [5, 5.41) is 0. The molecule has 1 aromatic carbocycles. The van der Waals surface area contributed by atoms with E-state index in [4.69, 9.17) is 3.32 Å². The van der Waals surface area contributed by atoms with Crippen LogP contribution in [-0.4, -0.2) is 0 Å². The molecule has 0 fully saturated rings. The van der Waals surface area contributed by atoms with Gasteiger partial charge in [0.25, 0.3) is 0 Å². The second-order valence-corrected chi connectivity index (χ2v) is 9.35. The molecule has 0 atom stereocenters. The molecule has 0 N–H and O–H groups in total. The van der Waals surface area contributed by atoms with Gasteiger partial charge in [-0.3, -0.25) is 0 Å². The van der Waals surface area contributed by atoms with Crippen LogP contribution in [-0.2, 0) is 30.4 Å². The molecule has 0 radical (unpaired) electrons. The predicted octanol–water partition coefficient (Wildman–Crippen LogP) is -0.490. The summed E-state index contributed by atoms with van der Waals surface area (Å²) in [7, 11) is 0. The second kappa shape index (κ2) is 9.39. The maximum atomic E-state index is 6.42. The second-order valence-electron chi connectivity index (χ2n) is 7.71. The van der Waals surface area contributed by atoms with Crippen LogP contribution < -0.4 is 51.3 Å². The average molecular weight is 572 g/mol. The molecule has 0 amide bonds. The number of rotatable bonds is 3. The van der Waals surface area contributed by atoms with E-state index in [-0.39, 0.29) is 58.8 Å². The van der Waals surface area contributed by atoms with Crippen molar-refractivity contribution in [1.29, 1.82) is 0 Å². The normalized spacial score (nSPS) is 13.6. The van der Waals surface area contributed by atoms with Crippen LogP contribution >= 0.6 is 0 Å². The molecule has 0 saturated heterocycles. The summed E-state index contributed by atoms with van der Waals surface area (Å²) in [6, 6.07) is 6.61. The molecule has 1 aromatic rings. The first-order chi connectivity index (χ1) is 9.69. The molecular weight excluding hydrogens is 546 g/mol. The summed E-state index contributed by atoms with van der Waals surface area (Å²) >= 11 is -0.535. The molecule has 126 valence electrons. The van der Waals surface area contributed by atoms with Crippen LogP contribution in [0.2, 0.25) is 0 Å². The van der Waals surface area contributed by atoms with Gasteiger partial charge in [0.05, 0.1) is 0 Å². The van der Waals surface area contributed by atoms with Gasteiger partial charge in [0.2, 0.25) is 0 Å². The standard InChI is InChI=1S/C14H22O.C5H5.2HI.Ti/c1-13(2,3)10-8-7-9-11(12(10)15)14(4,5)6;1-2-4-5-3-1;;;/h7-9,15H,1-6H3;1-3H,4H2;2*1H;/q;;;;+3/p-3. The van der Waals surface area contributed by atoms with Crippen molar-refractivity contribution in [2.75, 3.05) is 0 Å². The Morgan fingerprint density at radius 3 is 1.83 bits per heavy atom. The van der Waals surface area contributed by atoms with E-state index in [2.05, 4.69) is 78.0 Å². The Morgan fingerprint density at radius 2 is 1.43 bits per heavy atom. The summed E-state index contributed by atoms with van der Waals surface area (Å²) in [4.78, 5) is 0. The van der Waals surface area contributed by atoms with E-state index < -0.39 is 19.5 Å². The Morgan fingerprint density at radius 1 is 0.913 bits per heavy atom. The van der Waals surface area contributed by atoms with E-state index in [1.165, 1.54) is 15.0 Å². The van der Waals surface area contributed by atoms with Gasteiger partial charge in [-0.05, 0) is 0 Å². The summed E-state index contributed by atoms with van der Waals surface area (Å²) < 4.78 is 7.89. The molecule has 0 aliphatic heterocycles. The monoisotopic (exact) mass is 572 g/mol. The number of hydrogen-bond donors (Lipinski definition) is 0. The van der Waals surface area contributed by atoms with Crippen LogP contribution in [0.25, 0.3) is 0 Å². The van der Waals surface area contributed by atoms with Gasteiger partial charge in [-0.2, -0.15) is 0 Å². The number of para-hydroxylation sites is 1. The summed E-state index contributed by atoms with van der Waals surface area (Å²) in [6.07, 6.45) is 7.64. The topological polar surface area (TPSA) is 9.23 Å². The van der Waals surface area contributed by atoms with Crippen molar-refractivity contribution in [2.24, 2.45) is 0 Å². The van der Waals surface area contributed by atoms with E-state index >= 15 is 0 Å². The summed E-state index contributed by atoms with van der Waals surface area (Å²) in [5.41, 5.74) is 2.85. The largest absolute Gasteiger partial charge is 1.00 e. The Kier molecular flexibility index (Phi) is 9.67. The Hall–Kier alpha value is 0.674. The van der Waals surface area contributed by atoms with Gasteiger partial charge in [-0.1, -0.05) is 0 Å². The van der Waals surface area contributed by atoms with Crippen molar-refractivity contribution in [1.82, 2.24) is 0 Å². The van der Waals surface area contributed by atoms with Crippen LogP contribution in [0.4, 0.5) is 0 Å². The minimum atomic E-state index is -0.535. The Bertz CT molecular complexity index is 546. The summed E-state index contributed by atoms with van der Waals surface area (Å²) in [5.74, 6) is 1.13. The minimum absolute atomic E-state index is 0. The number of halogens is 2. The molecule has 0 saturated carbocycles. The molecule has 1 nitrogen and oxygen atoms in total. The van der Waals surface area contributed by atoms with Gasteiger partial charge >= 0.3 is 139 Å². The number of hydrogen-bond acceptors (Lipinski definition) is 1.